The number of ether oxygens (including phenoxy) is 1. The van der Waals surface area contributed by atoms with Crippen molar-refractivity contribution in [3.05, 3.63) is 101 Å². The van der Waals surface area contributed by atoms with E-state index in [1.165, 1.54) is 33.6 Å². The van der Waals surface area contributed by atoms with Crippen molar-refractivity contribution in [3.63, 3.8) is 0 Å². The number of halogens is 1. The van der Waals surface area contributed by atoms with E-state index < -0.39 is 0 Å². The summed E-state index contributed by atoms with van der Waals surface area (Å²) in [7, 11) is 1.75. The number of hydrogen-bond acceptors (Lipinski definition) is 1. The molecular formula is C26H31FN2O+2. The number of rotatable bonds is 6. The molecule has 3 aromatic rings. The predicted molar refractivity (Wildman–Crippen MR) is 117 cm³/mol. The largest absolute Gasteiger partial charge is 0.496 e. The van der Waals surface area contributed by atoms with Gasteiger partial charge >= 0.3 is 0 Å². The number of nitrogens with one attached hydrogen (secondary N) is 2. The van der Waals surface area contributed by atoms with Gasteiger partial charge in [0, 0.05) is 17.5 Å². The Morgan fingerprint density at radius 3 is 2.00 bits per heavy atom. The molecule has 4 heteroatoms. The molecule has 2 N–H and O–H groups in total. The molecule has 0 bridgehead atoms. The van der Waals surface area contributed by atoms with Gasteiger partial charge in [-0.05, 0) is 31.2 Å². The van der Waals surface area contributed by atoms with Crippen molar-refractivity contribution in [2.45, 2.75) is 32.6 Å². The van der Waals surface area contributed by atoms with Crippen molar-refractivity contribution < 1.29 is 18.9 Å². The Morgan fingerprint density at radius 1 is 0.833 bits per heavy atom. The summed E-state index contributed by atoms with van der Waals surface area (Å²) in [5.74, 6) is 0.766. The van der Waals surface area contributed by atoms with Crippen LogP contribution < -0.4 is 14.5 Å². The van der Waals surface area contributed by atoms with E-state index in [1.54, 1.807) is 24.1 Å². The zero-order valence-electron chi connectivity index (χ0n) is 17.8. The fraction of sp³-hybridized carbons (Fsp3) is 0.308. The first-order valence-electron chi connectivity index (χ1n) is 10.8. The summed E-state index contributed by atoms with van der Waals surface area (Å²) in [4.78, 5) is 3.05. The van der Waals surface area contributed by atoms with E-state index in [-0.39, 0.29) is 12.0 Å². The smallest absolute Gasteiger partial charge is 0.244 e. The third kappa shape index (κ3) is 4.72. The van der Waals surface area contributed by atoms with Crippen molar-refractivity contribution in [2.75, 3.05) is 20.2 Å². The van der Waals surface area contributed by atoms with Crippen molar-refractivity contribution in [2.24, 2.45) is 0 Å². The molecule has 1 aliphatic heterocycles. The van der Waals surface area contributed by atoms with Crippen LogP contribution in [0.25, 0.3) is 0 Å². The highest BCUT2D eigenvalue weighted by Gasteiger charge is 2.39. The fourth-order valence-corrected chi connectivity index (χ4v) is 4.68. The summed E-state index contributed by atoms with van der Waals surface area (Å²) in [6.45, 7) is 6.21. The monoisotopic (exact) mass is 406 g/mol. The summed E-state index contributed by atoms with van der Waals surface area (Å²) in [5.41, 5.74) is 5.07. The zero-order chi connectivity index (χ0) is 20.9. The summed E-state index contributed by atoms with van der Waals surface area (Å²) in [6.07, 6.45) is 1.44. The van der Waals surface area contributed by atoms with Gasteiger partial charge in [0.25, 0.3) is 0 Å². The third-order valence-corrected chi connectivity index (χ3v) is 6.16. The SMILES string of the molecule is COc1ccccc1C1[NH+](Cc2ccc(C)cc2)CCC[NH+]1Cc1ccc(F)cc1. The number of methoxy groups -OCH3 is 1. The van der Waals surface area contributed by atoms with Gasteiger partial charge in [-0.25, -0.2) is 4.39 Å². The molecule has 1 saturated heterocycles. The van der Waals surface area contributed by atoms with E-state index in [0.29, 0.717) is 0 Å². The number of para-hydroxylation sites is 1. The molecule has 3 atom stereocenters. The summed E-state index contributed by atoms with van der Waals surface area (Å²) in [6, 6.07) is 24.2. The van der Waals surface area contributed by atoms with Crippen molar-refractivity contribution in [1.82, 2.24) is 0 Å². The second kappa shape index (κ2) is 9.41. The maximum Gasteiger partial charge on any atom is 0.244 e. The lowest BCUT2D eigenvalue weighted by Gasteiger charge is -2.38. The van der Waals surface area contributed by atoms with E-state index in [1.807, 2.05) is 18.2 Å². The van der Waals surface area contributed by atoms with Gasteiger partial charge in [-0.15, -0.1) is 0 Å². The van der Waals surface area contributed by atoms with E-state index >= 15 is 0 Å². The fourth-order valence-electron chi connectivity index (χ4n) is 4.68. The number of quaternary nitrogens is 2. The molecule has 1 fully saturated rings. The minimum Gasteiger partial charge on any atom is -0.496 e. The van der Waals surface area contributed by atoms with Crippen LogP contribution in [0.2, 0.25) is 0 Å². The van der Waals surface area contributed by atoms with Crippen LogP contribution in [0.15, 0.2) is 72.8 Å². The Hall–Kier alpha value is -2.69. The van der Waals surface area contributed by atoms with Crippen LogP contribution in [0.3, 0.4) is 0 Å². The first-order valence-corrected chi connectivity index (χ1v) is 10.8. The predicted octanol–water partition coefficient (Wildman–Crippen LogP) is 2.72. The highest BCUT2D eigenvalue weighted by atomic mass is 19.1. The van der Waals surface area contributed by atoms with Gasteiger partial charge in [0.1, 0.15) is 30.2 Å². The Balaban J connectivity index is 1.67. The molecule has 3 nitrogen and oxygen atoms in total. The zero-order valence-corrected chi connectivity index (χ0v) is 17.8. The molecule has 3 unspecified atom stereocenters. The third-order valence-electron chi connectivity index (χ3n) is 6.16. The molecule has 1 heterocycles. The van der Waals surface area contributed by atoms with Crippen LogP contribution in [-0.4, -0.2) is 20.2 Å². The lowest BCUT2D eigenvalue weighted by molar-refractivity contribution is -1.16. The minimum absolute atomic E-state index is 0.180. The highest BCUT2D eigenvalue weighted by Crippen LogP contribution is 2.21. The van der Waals surface area contributed by atoms with Gasteiger partial charge in [0.05, 0.1) is 20.2 Å². The first-order chi connectivity index (χ1) is 14.6. The second-order valence-corrected chi connectivity index (χ2v) is 8.31. The topological polar surface area (TPSA) is 18.1 Å². The molecular weight excluding hydrogens is 375 g/mol. The number of benzene rings is 3. The lowest BCUT2D eigenvalue weighted by Crippen LogP contribution is -3.32. The second-order valence-electron chi connectivity index (χ2n) is 8.31. The van der Waals surface area contributed by atoms with Crippen LogP contribution in [0.5, 0.6) is 5.75 Å². The van der Waals surface area contributed by atoms with Crippen molar-refractivity contribution >= 4 is 0 Å². The molecule has 156 valence electrons. The highest BCUT2D eigenvalue weighted by molar-refractivity contribution is 5.34. The van der Waals surface area contributed by atoms with Crippen molar-refractivity contribution in [1.29, 1.82) is 0 Å². The Morgan fingerprint density at radius 2 is 1.40 bits per heavy atom. The van der Waals surface area contributed by atoms with Gasteiger partial charge < -0.3 is 4.74 Å². The minimum atomic E-state index is -0.180. The lowest BCUT2D eigenvalue weighted by atomic mass is 10.0. The summed E-state index contributed by atoms with van der Waals surface area (Å²) >= 11 is 0. The van der Waals surface area contributed by atoms with E-state index in [4.69, 9.17) is 4.74 Å². The normalized spacial score (nSPS) is 21.4. The molecule has 3 aromatic carbocycles. The molecule has 30 heavy (non-hydrogen) atoms. The molecule has 0 spiro atoms. The Labute approximate surface area is 178 Å². The molecule has 0 amide bonds. The van der Waals surface area contributed by atoms with Crippen LogP contribution in [0.1, 0.15) is 34.8 Å². The van der Waals surface area contributed by atoms with E-state index in [2.05, 4.69) is 49.4 Å². The van der Waals surface area contributed by atoms with Crippen LogP contribution in [0, 0.1) is 12.7 Å². The molecule has 0 radical (unpaired) electrons. The quantitative estimate of drug-likeness (QED) is 0.644. The number of aryl methyl sites for hydroxylation is 1. The molecule has 4 rings (SSSR count). The average Bonchev–Trinajstić information content (AvgIpc) is 2.77. The standard InChI is InChI=1S/C26H29FN2O/c1-20-8-10-21(11-9-20)18-28-16-5-17-29(19-22-12-14-23(27)15-13-22)26(28)24-6-3-4-7-25(24)30-2/h3-4,6-15,26H,5,16-19H2,1-2H3/p+2. The summed E-state index contributed by atoms with van der Waals surface area (Å²) < 4.78 is 19.2. The van der Waals surface area contributed by atoms with Crippen LogP contribution >= 0.6 is 0 Å². The van der Waals surface area contributed by atoms with Gasteiger partial charge in [0.15, 0.2) is 0 Å². The van der Waals surface area contributed by atoms with Gasteiger partial charge in [-0.2, -0.15) is 0 Å². The Kier molecular flexibility index (Phi) is 6.46. The molecule has 1 aliphatic rings. The average molecular weight is 407 g/mol. The van der Waals surface area contributed by atoms with Crippen LogP contribution in [-0.2, 0) is 13.1 Å². The maximum absolute atomic E-state index is 13.4. The maximum atomic E-state index is 13.4. The van der Waals surface area contributed by atoms with Crippen LogP contribution in [0.4, 0.5) is 4.39 Å². The van der Waals surface area contributed by atoms with Gasteiger partial charge in [-0.1, -0.05) is 54.1 Å². The van der Waals surface area contributed by atoms with Gasteiger partial charge in [0.2, 0.25) is 6.17 Å². The number of hydrogen-bond donors (Lipinski definition) is 2. The first kappa shape index (κ1) is 20.6. The van der Waals surface area contributed by atoms with Gasteiger partial charge in [-0.3, -0.25) is 9.80 Å². The van der Waals surface area contributed by atoms with E-state index in [9.17, 15) is 4.39 Å². The molecule has 0 aromatic heterocycles. The molecule has 0 aliphatic carbocycles. The molecule has 0 saturated carbocycles. The Bertz CT molecular complexity index is 900. The summed E-state index contributed by atoms with van der Waals surface area (Å²) in [5, 5.41) is 0. The van der Waals surface area contributed by atoms with E-state index in [0.717, 1.165) is 31.9 Å². The van der Waals surface area contributed by atoms with Crippen molar-refractivity contribution in [3.8, 4) is 5.75 Å².